The normalized spacial score (nSPS) is 18.5. The third-order valence-corrected chi connectivity index (χ3v) is 3.97. The van der Waals surface area contributed by atoms with Gasteiger partial charge in [0.2, 0.25) is 0 Å². The van der Waals surface area contributed by atoms with E-state index in [4.69, 9.17) is 0 Å². The van der Waals surface area contributed by atoms with Gasteiger partial charge in [-0.25, -0.2) is 0 Å². The first kappa shape index (κ1) is 14.3. The van der Waals surface area contributed by atoms with Crippen molar-refractivity contribution in [2.75, 3.05) is 26.2 Å². The van der Waals surface area contributed by atoms with Crippen LogP contribution in [0, 0.1) is 0 Å². The Hall–Kier alpha value is -1.12. The highest BCUT2D eigenvalue weighted by molar-refractivity contribution is 5.27. The summed E-state index contributed by atoms with van der Waals surface area (Å²) in [5.74, 6) is 0.603. The van der Waals surface area contributed by atoms with Crippen LogP contribution < -0.4 is 5.32 Å². The summed E-state index contributed by atoms with van der Waals surface area (Å²) in [4.78, 5) is 2.57. The van der Waals surface area contributed by atoms with E-state index in [2.05, 4.69) is 54.9 Å². The Bertz CT molecular complexity index is 388. The molecule has 0 aliphatic carbocycles. The Morgan fingerprint density at radius 3 is 2.26 bits per heavy atom. The molecule has 19 heavy (non-hydrogen) atoms. The molecule has 2 heteroatoms. The first-order valence-corrected chi connectivity index (χ1v) is 7.38. The molecule has 1 N–H and O–H groups in total. The van der Waals surface area contributed by atoms with Crippen LogP contribution >= 0.6 is 0 Å². The SMILES string of the molecule is C=CC[C@H](c1ccc(C(C)C)cc1)N1CCNCC1. The molecule has 1 aromatic rings. The van der Waals surface area contributed by atoms with Crippen molar-refractivity contribution in [1.29, 1.82) is 0 Å². The van der Waals surface area contributed by atoms with Gasteiger partial charge >= 0.3 is 0 Å². The van der Waals surface area contributed by atoms with Gasteiger partial charge in [0.05, 0.1) is 0 Å². The molecule has 0 radical (unpaired) electrons. The molecule has 1 heterocycles. The summed E-state index contributed by atoms with van der Waals surface area (Å²) in [5.41, 5.74) is 2.84. The molecule has 0 saturated carbocycles. The summed E-state index contributed by atoms with van der Waals surface area (Å²) in [6.07, 6.45) is 3.07. The van der Waals surface area contributed by atoms with Gasteiger partial charge in [-0.1, -0.05) is 44.2 Å². The fraction of sp³-hybridized carbons (Fsp3) is 0.529. The van der Waals surface area contributed by atoms with Crippen LogP contribution in [-0.2, 0) is 0 Å². The fourth-order valence-corrected chi connectivity index (χ4v) is 2.75. The van der Waals surface area contributed by atoms with E-state index in [1.165, 1.54) is 11.1 Å². The average molecular weight is 258 g/mol. The zero-order valence-electron chi connectivity index (χ0n) is 12.2. The maximum absolute atomic E-state index is 3.92. The number of hydrogen-bond acceptors (Lipinski definition) is 2. The summed E-state index contributed by atoms with van der Waals surface area (Å²) < 4.78 is 0. The number of benzene rings is 1. The minimum atomic E-state index is 0.487. The molecule has 1 atom stereocenters. The summed E-state index contributed by atoms with van der Waals surface area (Å²) in [7, 11) is 0. The standard InChI is InChI=1S/C17H26N2/c1-4-5-17(19-12-10-18-11-13-19)16-8-6-15(7-9-16)14(2)3/h4,6-9,14,17-18H,1,5,10-13H2,2-3H3/t17-/m1/s1. The predicted molar refractivity (Wildman–Crippen MR) is 82.5 cm³/mol. The molecule has 2 nitrogen and oxygen atoms in total. The average Bonchev–Trinajstić information content (AvgIpc) is 2.46. The predicted octanol–water partition coefficient (Wildman–Crippen LogP) is 3.33. The van der Waals surface area contributed by atoms with Crippen molar-refractivity contribution in [3.05, 3.63) is 48.0 Å². The fourth-order valence-electron chi connectivity index (χ4n) is 2.75. The molecule has 0 bridgehead atoms. The van der Waals surface area contributed by atoms with E-state index in [0.29, 0.717) is 12.0 Å². The van der Waals surface area contributed by atoms with Crippen molar-refractivity contribution in [2.24, 2.45) is 0 Å². The van der Waals surface area contributed by atoms with Crippen LogP contribution in [0.15, 0.2) is 36.9 Å². The van der Waals surface area contributed by atoms with Gasteiger partial charge in [-0.2, -0.15) is 0 Å². The van der Waals surface area contributed by atoms with Gasteiger partial charge in [0, 0.05) is 32.2 Å². The molecule has 2 rings (SSSR count). The molecule has 0 amide bonds. The Morgan fingerprint density at radius 2 is 1.74 bits per heavy atom. The zero-order valence-corrected chi connectivity index (χ0v) is 12.2. The smallest absolute Gasteiger partial charge is 0.0383 e. The van der Waals surface area contributed by atoms with E-state index in [-0.39, 0.29) is 0 Å². The van der Waals surface area contributed by atoms with Gasteiger partial charge in [0.15, 0.2) is 0 Å². The van der Waals surface area contributed by atoms with Gasteiger partial charge in [-0.3, -0.25) is 4.90 Å². The van der Waals surface area contributed by atoms with E-state index in [1.54, 1.807) is 0 Å². The van der Waals surface area contributed by atoms with Crippen LogP contribution in [0.4, 0.5) is 0 Å². The van der Waals surface area contributed by atoms with Crippen LogP contribution in [0.5, 0.6) is 0 Å². The van der Waals surface area contributed by atoms with E-state index in [1.807, 2.05) is 6.08 Å². The zero-order chi connectivity index (χ0) is 13.7. The van der Waals surface area contributed by atoms with Crippen molar-refractivity contribution in [3.63, 3.8) is 0 Å². The molecule has 1 saturated heterocycles. The van der Waals surface area contributed by atoms with Crippen LogP contribution in [0.1, 0.15) is 43.4 Å². The monoisotopic (exact) mass is 258 g/mol. The molecule has 0 unspecified atom stereocenters. The third-order valence-electron chi connectivity index (χ3n) is 3.97. The number of piperazine rings is 1. The maximum Gasteiger partial charge on any atom is 0.0383 e. The van der Waals surface area contributed by atoms with Crippen molar-refractivity contribution >= 4 is 0 Å². The highest BCUT2D eigenvalue weighted by Crippen LogP contribution is 2.26. The molecule has 1 aliphatic heterocycles. The molecule has 1 aliphatic rings. The first-order valence-electron chi connectivity index (χ1n) is 7.38. The van der Waals surface area contributed by atoms with Crippen molar-refractivity contribution < 1.29 is 0 Å². The topological polar surface area (TPSA) is 15.3 Å². The lowest BCUT2D eigenvalue weighted by molar-refractivity contribution is 0.174. The van der Waals surface area contributed by atoms with E-state index in [9.17, 15) is 0 Å². The molecular weight excluding hydrogens is 232 g/mol. The summed E-state index contributed by atoms with van der Waals surface area (Å²) in [6, 6.07) is 9.63. The highest BCUT2D eigenvalue weighted by atomic mass is 15.2. The van der Waals surface area contributed by atoms with E-state index >= 15 is 0 Å². The van der Waals surface area contributed by atoms with Gasteiger partial charge in [-0.05, 0) is 23.5 Å². The largest absolute Gasteiger partial charge is 0.314 e. The minimum absolute atomic E-state index is 0.487. The minimum Gasteiger partial charge on any atom is -0.314 e. The Morgan fingerprint density at radius 1 is 1.16 bits per heavy atom. The molecule has 104 valence electrons. The van der Waals surface area contributed by atoms with Crippen LogP contribution in [0.2, 0.25) is 0 Å². The Kier molecular flexibility index (Phi) is 5.17. The van der Waals surface area contributed by atoms with Gasteiger partial charge < -0.3 is 5.32 Å². The second-order valence-corrected chi connectivity index (χ2v) is 5.65. The van der Waals surface area contributed by atoms with E-state index in [0.717, 1.165) is 32.6 Å². The lowest BCUT2D eigenvalue weighted by atomic mass is 9.96. The maximum atomic E-state index is 3.92. The van der Waals surface area contributed by atoms with Crippen molar-refractivity contribution in [1.82, 2.24) is 10.2 Å². The number of rotatable bonds is 5. The van der Waals surface area contributed by atoms with Crippen LogP contribution in [0.25, 0.3) is 0 Å². The number of nitrogens with zero attached hydrogens (tertiary/aromatic N) is 1. The number of hydrogen-bond donors (Lipinski definition) is 1. The van der Waals surface area contributed by atoms with Gasteiger partial charge in [-0.15, -0.1) is 6.58 Å². The third kappa shape index (κ3) is 3.68. The van der Waals surface area contributed by atoms with Crippen LogP contribution in [-0.4, -0.2) is 31.1 Å². The molecule has 1 fully saturated rings. The molecule has 0 spiro atoms. The van der Waals surface area contributed by atoms with E-state index < -0.39 is 0 Å². The first-order chi connectivity index (χ1) is 9.22. The highest BCUT2D eigenvalue weighted by Gasteiger charge is 2.20. The van der Waals surface area contributed by atoms with Gasteiger partial charge in [0.25, 0.3) is 0 Å². The van der Waals surface area contributed by atoms with Gasteiger partial charge in [0.1, 0.15) is 0 Å². The summed E-state index contributed by atoms with van der Waals surface area (Å²) in [6.45, 7) is 12.9. The second kappa shape index (κ2) is 6.88. The Balaban J connectivity index is 2.15. The van der Waals surface area contributed by atoms with Crippen molar-refractivity contribution in [2.45, 2.75) is 32.2 Å². The molecule has 0 aromatic heterocycles. The quantitative estimate of drug-likeness (QED) is 0.815. The lowest BCUT2D eigenvalue weighted by Crippen LogP contribution is -2.45. The summed E-state index contributed by atoms with van der Waals surface area (Å²) >= 11 is 0. The molecular formula is C17H26N2. The van der Waals surface area contributed by atoms with Crippen LogP contribution in [0.3, 0.4) is 0 Å². The van der Waals surface area contributed by atoms with Crippen molar-refractivity contribution in [3.8, 4) is 0 Å². The summed E-state index contributed by atoms with van der Waals surface area (Å²) in [5, 5.41) is 3.42. The lowest BCUT2D eigenvalue weighted by Gasteiger charge is -2.35. The second-order valence-electron chi connectivity index (χ2n) is 5.65. The Labute approximate surface area is 117 Å². The molecule has 1 aromatic carbocycles. The number of nitrogens with one attached hydrogen (secondary N) is 1.